The van der Waals surface area contributed by atoms with Gasteiger partial charge in [0.25, 0.3) is 0 Å². The fourth-order valence-corrected chi connectivity index (χ4v) is 4.73. The van der Waals surface area contributed by atoms with Crippen LogP contribution in [0.25, 0.3) is 0 Å². The van der Waals surface area contributed by atoms with Crippen molar-refractivity contribution in [2.45, 2.75) is 17.6 Å². The first-order valence-electron chi connectivity index (χ1n) is 9.67. The quantitative estimate of drug-likeness (QED) is 0.737. The van der Waals surface area contributed by atoms with E-state index in [1.165, 1.54) is 0 Å². The van der Waals surface area contributed by atoms with Crippen LogP contribution in [-0.2, 0) is 14.9 Å². The Hall–Kier alpha value is -2.69. The second kappa shape index (κ2) is 7.04. The van der Waals surface area contributed by atoms with Crippen molar-refractivity contribution >= 4 is 5.69 Å². The summed E-state index contributed by atoms with van der Waals surface area (Å²) in [6.45, 7) is 1.68. The molecule has 3 aromatic rings. The van der Waals surface area contributed by atoms with E-state index in [1.54, 1.807) is 12.1 Å². The molecule has 2 atom stereocenters. The molecule has 2 heterocycles. The summed E-state index contributed by atoms with van der Waals surface area (Å²) in [7, 11) is 0. The van der Waals surface area contributed by atoms with Crippen molar-refractivity contribution in [1.29, 1.82) is 0 Å². The lowest BCUT2D eigenvalue weighted by atomic mass is 9.65. The van der Waals surface area contributed by atoms with Crippen molar-refractivity contribution < 1.29 is 13.9 Å². The summed E-state index contributed by atoms with van der Waals surface area (Å²) in [5.74, 6) is -0.247. The van der Waals surface area contributed by atoms with Gasteiger partial charge in [-0.25, -0.2) is 4.39 Å². The highest BCUT2D eigenvalue weighted by Gasteiger charge is 2.53. The zero-order chi connectivity index (χ0) is 19.0. The van der Waals surface area contributed by atoms with Gasteiger partial charge in [0.1, 0.15) is 11.9 Å². The molecule has 1 saturated heterocycles. The topological polar surface area (TPSA) is 30.5 Å². The fraction of sp³-hybridized carbons (Fsp3) is 0.250. The average Bonchev–Trinajstić information content (AvgIpc) is 3.10. The second-order valence-corrected chi connectivity index (χ2v) is 7.34. The lowest BCUT2D eigenvalue weighted by molar-refractivity contribution is -0.0981. The van der Waals surface area contributed by atoms with Gasteiger partial charge in [-0.05, 0) is 28.8 Å². The molecule has 1 N–H and O–H groups in total. The van der Waals surface area contributed by atoms with Crippen LogP contribution in [0.1, 0.15) is 16.7 Å². The van der Waals surface area contributed by atoms with Gasteiger partial charge in [-0.1, -0.05) is 66.7 Å². The Balaban J connectivity index is 1.79. The Morgan fingerprint density at radius 3 is 2.14 bits per heavy atom. The monoisotopic (exact) mass is 375 g/mol. The Morgan fingerprint density at radius 2 is 1.54 bits per heavy atom. The first-order valence-corrected chi connectivity index (χ1v) is 9.67. The minimum atomic E-state index is -0.503. The largest absolute Gasteiger partial charge is 0.378 e. The molecule has 1 fully saturated rings. The smallest absolute Gasteiger partial charge is 0.125 e. The molecule has 0 amide bonds. The molecule has 4 heteroatoms. The van der Waals surface area contributed by atoms with Crippen LogP contribution < -0.4 is 5.32 Å². The Labute approximate surface area is 164 Å². The SMILES string of the molecule is Fc1ccc2c(c1)NC(C1COCCO1)C2(c1ccccc1)c1ccccc1. The molecule has 0 saturated carbocycles. The van der Waals surface area contributed by atoms with E-state index in [2.05, 4.69) is 53.8 Å². The summed E-state index contributed by atoms with van der Waals surface area (Å²) in [6, 6.07) is 25.7. The van der Waals surface area contributed by atoms with Crippen molar-refractivity contribution in [1.82, 2.24) is 0 Å². The van der Waals surface area contributed by atoms with Crippen LogP contribution >= 0.6 is 0 Å². The van der Waals surface area contributed by atoms with Gasteiger partial charge >= 0.3 is 0 Å². The number of fused-ring (bicyclic) bond motifs is 1. The lowest BCUT2D eigenvalue weighted by Gasteiger charge is -2.42. The molecule has 142 valence electrons. The van der Waals surface area contributed by atoms with Crippen molar-refractivity contribution in [3.63, 3.8) is 0 Å². The zero-order valence-corrected chi connectivity index (χ0v) is 15.5. The van der Waals surface area contributed by atoms with Crippen LogP contribution in [0.3, 0.4) is 0 Å². The third-order valence-electron chi connectivity index (χ3n) is 5.86. The van der Waals surface area contributed by atoms with Crippen molar-refractivity contribution in [2.75, 3.05) is 25.1 Å². The van der Waals surface area contributed by atoms with Crippen LogP contribution in [0.15, 0.2) is 78.9 Å². The molecular weight excluding hydrogens is 353 g/mol. The van der Waals surface area contributed by atoms with Gasteiger partial charge < -0.3 is 14.8 Å². The maximum absolute atomic E-state index is 14.1. The fourth-order valence-electron chi connectivity index (χ4n) is 4.73. The number of halogens is 1. The molecule has 0 aromatic heterocycles. The van der Waals surface area contributed by atoms with Gasteiger partial charge in [0.2, 0.25) is 0 Å². The molecule has 0 radical (unpaired) electrons. The van der Waals surface area contributed by atoms with Crippen LogP contribution in [0.5, 0.6) is 0 Å². The van der Waals surface area contributed by atoms with E-state index in [0.29, 0.717) is 19.8 Å². The third kappa shape index (κ3) is 2.64. The van der Waals surface area contributed by atoms with Gasteiger partial charge in [0, 0.05) is 5.69 Å². The maximum Gasteiger partial charge on any atom is 0.125 e. The zero-order valence-electron chi connectivity index (χ0n) is 15.5. The van der Waals surface area contributed by atoms with Crippen LogP contribution in [0, 0.1) is 5.82 Å². The molecule has 0 bridgehead atoms. The van der Waals surface area contributed by atoms with Crippen molar-refractivity contribution in [3.8, 4) is 0 Å². The summed E-state index contributed by atoms with van der Waals surface area (Å²) in [4.78, 5) is 0. The second-order valence-electron chi connectivity index (χ2n) is 7.34. The number of hydrogen-bond acceptors (Lipinski definition) is 3. The lowest BCUT2D eigenvalue weighted by Crippen LogP contribution is -2.52. The maximum atomic E-state index is 14.1. The van der Waals surface area contributed by atoms with Gasteiger partial charge in [0.05, 0.1) is 31.3 Å². The van der Waals surface area contributed by atoms with Crippen LogP contribution in [0.4, 0.5) is 10.1 Å². The van der Waals surface area contributed by atoms with Crippen LogP contribution in [-0.4, -0.2) is 32.0 Å². The molecule has 5 rings (SSSR count). The summed E-state index contributed by atoms with van der Waals surface area (Å²) in [5.41, 5.74) is 3.67. The normalized spacial score (nSPS) is 23.0. The molecule has 2 unspecified atom stereocenters. The minimum absolute atomic E-state index is 0.116. The summed E-state index contributed by atoms with van der Waals surface area (Å²) in [6.07, 6.45) is -0.148. The van der Waals surface area contributed by atoms with E-state index in [1.807, 2.05) is 18.2 Å². The summed E-state index contributed by atoms with van der Waals surface area (Å²) >= 11 is 0. The Kier molecular flexibility index (Phi) is 4.38. The highest BCUT2D eigenvalue weighted by molar-refractivity contribution is 5.71. The number of ether oxygens (including phenoxy) is 2. The van der Waals surface area contributed by atoms with E-state index in [-0.39, 0.29) is 18.0 Å². The van der Waals surface area contributed by atoms with Crippen molar-refractivity contribution in [3.05, 3.63) is 101 Å². The number of nitrogens with one attached hydrogen (secondary N) is 1. The average molecular weight is 375 g/mol. The molecule has 3 nitrogen and oxygen atoms in total. The van der Waals surface area contributed by atoms with Gasteiger partial charge in [-0.3, -0.25) is 0 Å². The number of rotatable bonds is 3. The van der Waals surface area contributed by atoms with E-state index < -0.39 is 5.41 Å². The van der Waals surface area contributed by atoms with Crippen LogP contribution in [0.2, 0.25) is 0 Å². The predicted molar refractivity (Wildman–Crippen MR) is 107 cm³/mol. The van der Waals surface area contributed by atoms with Gasteiger partial charge in [-0.2, -0.15) is 0 Å². The van der Waals surface area contributed by atoms with E-state index in [9.17, 15) is 4.39 Å². The summed E-state index contributed by atoms with van der Waals surface area (Å²) in [5, 5.41) is 3.59. The first kappa shape index (κ1) is 17.4. The van der Waals surface area contributed by atoms with Gasteiger partial charge in [0.15, 0.2) is 0 Å². The molecular formula is C24H22FNO2. The third-order valence-corrected chi connectivity index (χ3v) is 5.86. The standard InChI is InChI=1S/C24H22FNO2/c25-19-11-12-20-21(15-19)26-23(22-16-27-13-14-28-22)24(20,17-7-3-1-4-8-17)18-9-5-2-6-10-18/h1-12,15,22-23,26H,13-14,16H2. The number of benzene rings is 3. The highest BCUT2D eigenvalue weighted by atomic mass is 19.1. The first-order chi connectivity index (χ1) is 13.8. The van der Waals surface area contributed by atoms with Crippen molar-refractivity contribution in [2.24, 2.45) is 0 Å². The summed E-state index contributed by atoms with van der Waals surface area (Å²) < 4.78 is 26.0. The number of hydrogen-bond donors (Lipinski definition) is 1. The number of anilines is 1. The van der Waals surface area contributed by atoms with E-state index in [0.717, 1.165) is 22.4 Å². The predicted octanol–water partition coefficient (Wildman–Crippen LogP) is 4.37. The molecule has 28 heavy (non-hydrogen) atoms. The van der Waals surface area contributed by atoms with E-state index in [4.69, 9.17) is 9.47 Å². The van der Waals surface area contributed by atoms with Gasteiger partial charge in [-0.15, -0.1) is 0 Å². The molecule has 2 aliphatic heterocycles. The molecule has 2 aliphatic rings. The highest BCUT2D eigenvalue weighted by Crippen LogP contribution is 2.52. The Bertz CT molecular complexity index is 915. The Morgan fingerprint density at radius 1 is 0.857 bits per heavy atom. The minimum Gasteiger partial charge on any atom is -0.378 e. The molecule has 0 spiro atoms. The molecule has 0 aliphatic carbocycles. The molecule has 3 aromatic carbocycles. The van der Waals surface area contributed by atoms with E-state index >= 15 is 0 Å².